The minimum atomic E-state index is -0.125. The van der Waals surface area contributed by atoms with Crippen LogP contribution in [0.25, 0.3) is 0 Å². The molecule has 0 saturated carbocycles. The topological polar surface area (TPSA) is 62.3 Å². The van der Waals surface area contributed by atoms with Crippen molar-refractivity contribution in [2.45, 2.75) is 26.8 Å². The predicted molar refractivity (Wildman–Crippen MR) is 94.9 cm³/mol. The van der Waals surface area contributed by atoms with Crippen molar-refractivity contribution in [1.29, 1.82) is 0 Å². The number of rotatable bonds is 6. The third-order valence-electron chi connectivity index (χ3n) is 3.62. The Morgan fingerprint density at radius 1 is 1.29 bits per heavy atom. The van der Waals surface area contributed by atoms with Crippen molar-refractivity contribution in [2.24, 2.45) is 0 Å². The molecule has 0 fully saturated rings. The van der Waals surface area contributed by atoms with Crippen molar-refractivity contribution in [2.75, 3.05) is 11.4 Å². The number of hydrogen-bond acceptors (Lipinski definition) is 3. The van der Waals surface area contributed by atoms with Crippen LogP contribution < -0.4 is 10.2 Å². The van der Waals surface area contributed by atoms with Gasteiger partial charge in [-0.25, -0.2) is 0 Å². The number of halogens is 1. The quantitative estimate of drug-likeness (QED) is 0.875. The van der Waals surface area contributed by atoms with Crippen molar-refractivity contribution in [3.8, 4) is 0 Å². The van der Waals surface area contributed by atoms with E-state index in [4.69, 9.17) is 11.6 Å². The number of carbonyl (C=O) groups is 2. The fraction of sp³-hybridized carbons (Fsp3) is 0.278. The highest BCUT2D eigenvalue weighted by atomic mass is 35.5. The summed E-state index contributed by atoms with van der Waals surface area (Å²) < 4.78 is 0. The van der Waals surface area contributed by atoms with Gasteiger partial charge in [0.05, 0.1) is 0 Å². The smallest absolute Gasteiger partial charge is 0.223 e. The molecule has 1 aromatic heterocycles. The highest BCUT2D eigenvalue weighted by Crippen LogP contribution is 2.24. The number of aryl methyl sites for hydroxylation is 1. The highest BCUT2D eigenvalue weighted by Gasteiger charge is 2.15. The van der Waals surface area contributed by atoms with Crippen LogP contribution in [0, 0.1) is 6.92 Å². The molecule has 1 heterocycles. The number of aromatic nitrogens is 1. The number of carbonyl (C=O) groups excluding carboxylic acids is 2. The minimum absolute atomic E-state index is 0.121. The molecule has 2 aromatic rings. The van der Waals surface area contributed by atoms with Gasteiger partial charge in [0.15, 0.2) is 0 Å². The molecule has 0 aliphatic carbocycles. The molecule has 24 heavy (non-hydrogen) atoms. The molecule has 0 aliphatic rings. The van der Waals surface area contributed by atoms with E-state index < -0.39 is 0 Å². The zero-order valence-electron chi connectivity index (χ0n) is 13.8. The molecule has 1 N–H and O–H groups in total. The first-order valence-corrected chi connectivity index (χ1v) is 8.05. The van der Waals surface area contributed by atoms with Crippen LogP contribution >= 0.6 is 11.6 Å². The third kappa shape index (κ3) is 5.06. The number of nitrogens with one attached hydrogen (secondary N) is 1. The van der Waals surface area contributed by atoms with E-state index in [1.165, 1.54) is 6.92 Å². The van der Waals surface area contributed by atoms with Crippen LogP contribution in [0.2, 0.25) is 5.02 Å². The maximum atomic E-state index is 12.0. The van der Waals surface area contributed by atoms with Gasteiger partial charge >= 0.3 is 0 Å². The maximum Gasteiger partial charge on any atom is 0.223 e. The van der Waals surface area contributed by atoms with Gasteiger partial charge in [0.1, 0.15) is 0 Å². The van der Waals surface area contributed by atoms with Crippen molar-refractivity contribution in [3.63, 3.8) is 0 Å². The molecule has 0 spiro atoms. The van der Waals surface area contributed by atoms with E-state index in [2.05, 4.69) is 10.3 Å². The van der Waals surface area contributed by atoms with Crippen LogP contribution in [-0.4, -0.2) is 23.3 Å². The largest absolute Gasteiger partial charge is 0.352 e. The molecular formula is C18H20ClN3O2. The molecule has 2 amide bonds. The van der Waals surface area contributed by atoms with Gasteiger partial charge in [0.25, 0.3) is 0 Å². The number of pyridine rings is 1. The normalized spacial score (nSPS) is 10.3. The Morgan fingerprint density at radius 3 is 2.75 bits per heavy atom. The molecule has 0 unspecified atom stereocenters. The first-order chi connectivity index (χ1) is 11.5. The zero-order chi connectivity index (χ0) is 17.5. The molecule has 126 valence electrons. The van der Waals surface area contributed by atoms with Crippen molar-refractivity contribution in [3.05, 3.63) is 58.9 Å². The Hall–Kier alpha value is -2.40. The summed E-state index contributed by atoms with van der Waals surface area (Å²) >= 11 is 6.02. The maximum absolute atomic E-state index is 12.0. The van der Waals surface area contributed by atoms with E-state index in [0.717, 1.165) is 16.8 Å². The SMILES string of the molecule is CC(=O)N(CCC(=O)NCc1cccnc1)c1cc(Cl)ccc1C. The average Bonchev–Trinajstić information content (AvgIpc) is 2.57. The summed E-state index contributed by atoms with van der Waals surface area (Å²) in [6, 6.07) is 9.09. The number of benzene rings is 1. The van der Waals surface area contributed by atoms with Gasteiger partial charge < -0.3 is 10.2 Å². The van der Waals surface area contributed by atoms with Gasteiger partial charge in [0, 0.05) is 49.5 Å². The summed E-state index contributed by atoms with van der Waals surface area (Å²) in [5, 5.41) is 3.39. The average molecular weight is 346 g/mol. The Labute approximate surface area is 146 Å². The summed E-state index contributed by atoms with van der Waals surface area (Å²) in [5.41, 5.74) is 2.60. The van der Waals surface area contributed by atoms with Crippen LogP contribution in [-0.2, 0) is 16.1 Å². The van der Waals surface area contributed by atoms with Gasteiger partial charge in [-0.15, -0.1) is 0 Å². The first-order valence-electron chi connectivity index (χ1n) is 7.67. The first kappa shape index (κ1) is 17.9. The Morgan fingerprint density at radius 2 is 2.08 bits per heavy atom. The van der Waals surface area contributed by atoms with Crippen LogP contribution in [0.3, 0.4) is 0 Å². The molecule has 1 aromatic carbocycles. The van der Waals surface area contributed by atoms with Crippen LogP contribution in [0.1, 0.15) is 24.5 Å². The monoisotopic (exact) mass is 345 g/mol. The highest BCUT2D eigenvalue weighted by molar-refractivity contribution is 6.31. The fourth-order valence-corrected chi connectivity index (χ4v) is 2.49. The molecule has 6 heteroatoms. The summed E-state index contributed by atoms with van der Waals surface area (Å²) in [4.78, 5) is 29.5. The van der Waals surface area contributed by atoms with Gasteiger partial charge in [-0.3, -0.25) is 14.6 Å². The zero-order valence-corrected chi connectivity index (χ0v) is 14.5. The minimum Gasteiger partial charge on any atom is -0.352 e. The van der Waals surface area contributed by atoms with Crippen LogP contribution in [0.15, 0.2) is 42.7 Å². The lowest BCUT2D eigenvalue weighted by Gasteiger charge is -2.23. The molecule has 2 rings (SSSR count). The Kier molecular flexibility index (Phi) is 6.32. The molecule has 0 radical (unpaired) electrons. The molecule has 5 nitrogen and oxygen atoms in total. The third-order valence-corrected chi connectivity index (χ3v) is 3.85. The molecule has 0 bridgehead atoms. The van der Waals surface area contributed by atoms with E-state index in [-0.39, 0.29) is 18.2 Å². The van der Waals surface area contributed by atoms with Gasteiger partial charge in [-0.1, -0.05) is 23.7 Å². The second kappa shape index (κ2) is 8.45. The second-order valence-electron chi connectivity index (χ2n) is 5.49. The standard InChI is InChI=1S/C18H20ClN3O2/c1-13-5-6-16(19)10-17(13)22(14(2)23)9-7-18(24)21-12-15-4-3-8-20-11-15/h3-6,8,10-11H,7,9,12H2,1-2H3,(H,21,24). The lowest BCUT2D eigenvalue weighted by Crippen LogP contribution is -2.34. The lowest BCUT2D eigenvalue weighted by atomic mass is 10.1. The van der Waals surface area contributed by atoms with Gasteiger partial charge in [-0.05, 0) is 36.2 Å². The number of anilines is 1. The van der Waals surface area contributed by atoms with Gasteiger partial charge in [-0.2, -0.15) is 0 Å². The van der Waals surface area contributed by atoms with E-state index in [1.807, 2.05) is 25.1 Å². The lowest BCUT2D eigenvalue weighted by molar-refractivity contribution is -0.121. The Bertz CT molecular complexity index is 719. The van der Waals surface area contributed by atoms with Crippen LogP contribution in [0.4, 0.5) is 5.69 Å². The number of nitrogens with zero attached hydrogens (tertiary/aromatic N) is 2. The molecule has 0 atom stereocenters. The fourth-order valence-electron chi connectivity index (χ4n) is 2.33. The number of hydrogen-bond donors (Lipinski definition) is 1. The number of amides is 2. The van der Waals surface area contributed by atoms with E-state index in [9.17, 15) is 9.59 Å². The van der Waals surface area contributed by atoms with Crippen molar-refractivity contribution in [1.82, 2.24) is 10.3 Å². The second-order valence-corrected chi connectivity index (χ2v) is 5.93. The van der Waals surface area contributed by atoms with E-state index in [1.54, 1.807) is 29.4 Å². The van der Waals surface area contributed by atoms with Gasteiger partial charge in [0.2, 0.25) is 11.8 Å². The van der Waals surface area contributed by atoms with Crippen LogP contribution in [0.5, 0.6) is 0 Å². The van der Waals surface area contributed by atoms with Crippen molar-refractivity contribution >= 4 is 29.1 Å². The van der Waals surface area contributed by atoms with E-state index in [0.29, 0.717) is 18.1 Å². The Balaban J connectivity index is 1.95. The predicted octanol–water partition coefficient (Wildman–Crippen LogP) is 3.10. The summed E-state index contributed by atoms with van der Waals surface area (Å²) in [6.07, 6.45) is 3.60. The molecule has 0 aliphatic heterocycles. The molecule has 0 saturated heterocycles. The molecular weight excluding hydrogens is 326 g/mol. The van der Waals surface area contributed by atoms with Crippen molar-refractivity contribution < 1.29 is 9.59 Å². The summed E-state index contributed by atoms with van der Waals surface area (Å²) in [5.74, 6) is -0.245. The summed E-state index contributed by atoms with van der Waals surface area (Å²) in [6.45, 7) is 4.11. The summed E-state index contributed by atoms with van der Waals surface area (Å²) in [7, 11) is 0. The van der Waals surface area contributed by atoms with E-state index >= 15 is 0 Å².